The third-order valence-corrected chi connectivity index (χ3v) is 4.04. The Hall–Kier alpha value is -3.09. The summed E-state index contributed by atoms with van der Waals surface area (Å²) in [6.07, 6.45) is 3.64. The Morgan fingerprint density at radius 3 is 2.60 bits per heavy atom. The molecule has 0 unspecified atom stereocenters. The van der Waals surface area contributed by atoms with Crippen LogP contribution in [0.1, 0.15) is 25.2 Å². The van der Waals surface area contributed by atoms with Gasteiger partial charge in [0.1, 0.15) is 17.1 Å². The van der Waals surface area contributed by atoms with Gasteiger partial charge < -0.3 is 9.72 Å². The quantitative estimate of drug-likeness (QED) is 0.771. The molecule has 3 aromatic rings. The van der Waals surface area contributed by atoms with Crippen LogP contribution in [0.3, 0.4) is 0 Å². The van der Waals surface area contributed by atoms with Crippen molar-refractivity contribution in [1.82, 2.24) is 19.1 Å². The lowest BCUT2D eigenvalue weighted by molar-refractivity contribution is 0.414. The summed E-state index contributed by atoms with van der Waals surface area (Å²) in [7, 11) is 1.62. The number of hydrogen-bond donors (Lipinski definition) is 1. The summed E-state index contributed by atoms with van der Waals surface area (Å²) in [6, 6.07) is 7.59. The summed E-state index contributed by atoms with van der Waals surface area (Å²) in [5, 5.41) is 0. The highest BCUT2D eigenvalue weighted by Gasteiger charge is 2.14. The molecule has 0 saturated carbocycles. The Balaban J connectivity index is 2.09. The van der Waals surface area contributed by atoms with Gasteiger partial charge in [0.2, 0.25) is 0 Å². The maximum absolute atomic E-state index is 12.5. The third kappa shape index (κ3) is 3.00. The number of nitrogens with one attached hydrogen (secondary N) is 1. The van der Waals surface area contributed by atoms with Crippen LogP contribution in [0, 0.1) is 0 Å². The van der Waals surface area contributed by atoms with E-state index in [-0.39, 0.29) is 11.2 Å². The maximum Gasteiger partial charge on any atom is 0.332 e. The van der Waals surface area contributed by atoms with Crippen LogP contribution in [-0.2, 0) is 13.1 Å². The monoisotopic (exact) mass is 340 g/mol. The number of nitrogens with zero attached hydrogens (tertiary/aromatic N) is 3. The fourth-order valence-electron chi connectivity index (χ4n) is 2.75. The zero-order valence-corrected chi connectivity index (χ0v) is 14.4. The van der Waals surface area contributed by atoms with Crippen molar-refractivity contribution in [1.29, 1.82) is 0 Å². The van der Waals surface area contributed by atoms with Crippen LogP contribution in [-0.4, -0.2) is 26.2 Å². The number of aromatic amines is 1. The highest BCUT2D eigenvalue weighted by atomic mass is 16.5. The molecular weight excluding hydrogens is 320 g/mol. The van der Waals surface area contributed by atoms with E-state index in [0.29, 0.717) is 30.1 Å². The molecule has 0 radical (unpaired) electrons. The van der Waals surface area contributed by atoms with Gasteiger partial charge in [-0.2, -0.15) is 0 Å². The Morgan fingerprint density at radius 2 is 1.92 bits per heavy atom. The second-order valence-corrected chi connectivity index (χ2v) is 5.51. The largest absolute Gasteiger partial charge is 0.497 e. The lowest BCUT2D eigenvalue weighted by Gasteiger charge is -2.06. The maximum atomic E-state index is 12.5. The van der Waals surface area contributed by atoms with Gasteiger partial charge in [-0.3, -0.25) is 13.9 Å². The second-order valence-electron chi connectivity index (χ2n) is 5.51. The van der Waals surface area contributed by atoms with E-state index < -0.39 is 0 Å². The van der Waals surface area contributed by atoms with Gasteiger partial charge in [0.05, 0.1) is 7.11 Å². The molecule has 0 aliphatic rings. The first-order chi connectivity index (χ1) is 12.1. The third-order valence-electron chi connectivity index (χ3n) is 4.04. The van der Waals surface area contributed by atoms with E-state index in [4.69, 9.17) is 4.74 Å². The van der Waals surface area contributed by atoms with Crippen molar-refractivity contribution in [2.45, 2.75) is 26.9 Å². The Kier molecular flexibility index (Phi) is 4.56. The summed E-state index contributed by atoms with van der Waals surface area (Å²) in [5.41, 5.74) is 0.984. The molecule has 7 heteroatoms. The van der Waals surface area contributed by atoms with Crippen LogP contribution in [0.15, 0.2) is 33.9 Å². The van der Waals surface area contributed by atoms with Gasteiger partial charge in [-0.05, 0) is 37.6 Å². The molecule has 130 valence electrons. The number of benzene rings is 1. The van der Waals surface area contributed by atoms with Gasteiger partial charge >= 0.3 is 5.69 Å². The van der Waals surface area contributed by atoms with E-state index in [2.05, 4.69) is 9.97 Å². The van der Waals surface area contributed by atoms with Crippen LogP contribution in [0.4, 0.5) is 0 Å². The molecule has 0 atom stereocenters. The summed E-state index contributed by atoms with van der Waals surface area (Å²) in [5.74, 6) is 1.28. The number of rotatable bonds is 5. The van der Waals surface area contributed by atoms with Gasteiger partial charge in [0.15, 0.2) is 5.65 Å². The van der Waals surface area contributed by atoms with Gasteiger partial charge in [-0.15, -0.1) is 0 Å². The van der Waals surface area contributed by atoms with Crippen molar-refractivity contribution in [2.24, 2.45) is 0 Å². The zero-order chi connectivity index (χ0) is 18.0. The SMILES string of the molecule is CCn1c(=O)c2[nH]c(C=Cc3cccc(OC)c3)nc2n(CC)c1=O. The number of fused-ring (bicyclic) bond motifs is 1. The average Bonchev–Trinajstić information content (AvgIpc) is 3.05. The number of hydrogen-bond acceptors (Lipinski definition) is 4. The molecule has 7 nitrogen and oxygen atoms in total. The van der Waals surface area contributed by atoms with Crippen molar-refractivity contribution in [3.05, 3.63) is 56.5 Å². The molecule has 1 N–H and O–H groups in total. The first-order valence-electron chi connectivity index (χ1n) is 8.14. The highest BCUT2D eigenvalue weighted by molar-refractivity contribution is 5.75. The smallest absolute Gasteiger partial charge is 0.332 e. The van der Waals surface area contributed by atoms with Gasteiger partial charge in [0, 0.05) is 13.1 Å². The molecule has 0 fully saturated rings. The van der Waals surface area contributed by atoms with E-state index in [0.717, 1.165) is 11.3 Å². The molecule has 25 heavy (non-hydrogen) atoms. The molecule has 0 aliphatic heterocycles. The van der Waals surface area contributed by atoms with Crippen LogP contribution in [0.2, 0.25) is 0 Å². The predicted molar refractivity (Wildman–Crippen MR) is 97.9 cm³/mol. The zero-order valence-electron chi connectivity index (χ0n) is 14.4. The highest BCUT2D eigenvalue weighted by Crippen LogP contribution is 2.15. The fourth-order valence-corrected chi connectivity index (χ4v) is 2.75. The van der Waals surface area contributed by atoms with E-state index >= 15 is 0 Å². The van der Waals surface area contributed by atoms with Gasteiger partial charge in [0.25, 0.3) is 5.56 Å². The molecule has 0 saturated heterocycles. The number of aryl methyl sites for hydroxylation is 1. The first kappa shape index (κ1) is 16.8. The van der Waals surface area contributed by atoms with Crippen molar-refractivity contribution in [3.8, 4) is 5.75 Å². The molecule has 3 rings (SSSR count). The van der Waals surface area contributed by atoms with Crippen LogP contribution in [0.5, 0.6) is 5.75 Å². The Labute approximate surface area is 144 Å². The topological polar surface area (TPSA) is 81.9 Å². The number of H-pyrrole nitrogens is 1. The van der Waals surface area contributed by atoms with Crippen molar-refractivity contribution >= 4 is 23.3 Å². The molecule has 0 amide bonds. The molecule has 2 heterocycles. The van der Waals surface area contributed by atoms with Crippen molar-refractivity contribution in [2.75, 3.05) is 7.11 Å². The minimum atomic E-state index is -0.347. The molecule has 0 aliphatic carbocycles. The summed E-state index contributed by atoms with van der Waals surface area (Å²) in [4.78, 5) is 32.3. The molecule has 0 spiro atoms. The van der Waals surface area contributed by atoms with Gasteiger partial charge in [-0.25, -0.2) is 9.78 Å². The number of imidazole rings is 1. The molecule has 1 aromatic carbocycles. The van der Waals surface area contributed by atoms with E-state index in [1.54, 1.807) is 20.1 Å². The minimum absolute atomic E-state index is 0.321. The fraction of sp³-hybridized carbons (Fsp3) is 0.278. The number of methoxy groups -OCH3 is 1. The minimum Gasteiger partial charge on any atom is -0.497 e. The van der Waals surface area contributed by atoms with E-state index in [1.165, 1.54) is 9.13 Å². The molecular formula is C18H20N4O3. The Morgan fingerprint density at radius 1 is 1.16 bits per heavy atom. The summed E-state index contributed by atoms with van der Waals surface area (Å²) < 4.78 is 7.91. The van der Waals surface area contributed by atoms with Crippen molar-refractivity contribution < 1.29 is 4.74 Å². The molecule has 2 aromatic heterocycles. The second kappa shape index (κ2) is 6.80. The normalized spacial score (nSPS) is 11.5. The first-order valence-corrected chi connectivity index (χ1v) is 8.14. The summed E-state index contributed by atoms with van der Waals surface area (Å²) in [6.45, 7) is 4.39. The lowest BCUT2D eigenvalue weighted by Crippen LogP contribution is -2.39. The van der Waals surface area contributed by atoms with E-state index in [1.807, 2.05) is 37.3 Å². The van der Waals surface area contributed by atoms with Crippen LogP contribution < -0.4 is 16.0 Å². The van der Waals surface area contributed by atoms with Crippen molar-refractivity contribution in [3.63, 3.8) is 0 Å². The van der Waals surface area contributed by atoms with Crippen LogP contribution in [0.25, 0.3) is 23.3 Å². The standard InChI is InChI=1S/C18H20N4O3/c1-4-21-16-15(17(23)22(5-2)18(21)24)19-14(20-16)10-9-12-7-6-8-13(11-12)25-3/h6-11H,4-5H2,1-3H3,(H,19,20). The average molecular weight is 340 g/mol. The summed E-state index contributed by atoms with van der Waals surface area (Å²) >= 11 is 0. The van der Waals surface area contributed by atoms with Gasteiger partial charge in [-0.1, -0.05) is 18.2 Å². The van der Waals surface area contributed by atoms with E-state index in [9.17, 15) is 9.59 Å². The number of aromatic nitrogens is 4. The Bertz CT molecular complexity index is 1060. The number of ether oxygens (including phenoxy) is 1. The lowest BCUT2D eigenvalue weighted by atomic mass is 10.2. The van der Waals surface area contributed by atoms with Crippen LogP contribution >= 0.6 is 0 Å². The molecule has 0 bridgehead atoms. The predicted octanol–water partition coefficient (Wildman–Crippen LogP) is 2.11.